The number of carbonyl (C=O) groups excluding carboxylic acids is 9. The Hall–Kier alpha value is -7.30. The highest BCUT2D eigenvalue weighted by Gasteiger charge is 2.46. The second kappa shape index (κ2) is 28.1. The van der Waals surface area contributed by atoms with Crippen LogP contribution in [0.1, 0.15) is 103 Å². The molecule has 0 aromatic heterocycles. The average Bonchev–Trinajstić information content (AvgIpc) is 3.34. The first-order valence-corrected chi connectivity index (χ1v) is 24.7. The molecule has 9 atom stereocenters. The number of cyclic esters (lactones) is 1. The van der Waals surface area contributed by atoms with E-state index < -0.39 is 114 Å². The maximum absolute atomic E-state index is 15.1. The number of unbranched alkanes of at least 4 members (excludes halogenated alkanes) is 2. The van der Waals surface area contributed by atoms with E-state index in [2.05, 4.69) is 31.6 Å². The Morgan fingerprint density at radius 3 is 2.11 bits per heavy atom. The summed E-state index contributed by atoms with van der Waals surface area (Å²) in [6.45, 7) is 6.45. The van der Waals surface area contributed by atoms with E-state index in [-0.39, 0.29) is 76.0 Å². The zero-order valence-corrected chi connectivity index (χ0v) is 42.2. The zero-order valence-electron chi connectivity index (χ0n) is 42.2. The number of aliphatic hydroxyl groups is 1. The number of nitrogens with zero attached hydrogens (tertiary/aromatic N) is 3. The van der Waals surface area contributed by atoms with Crippen molar-refractivity contribution >= 4 is 59.2 Å². The van der Waals surface area contributed by atoms with E-state index in [0.29, 0.717) is 17.5 Å². The molecule has 13 N–H and O–H groups in total. The van der Waals surface area contributed by atoms with Crippen molar-refractivity contribution in [2.75, 3.05) is 13.6 Å². The summed E-state index contributed by atoms with van der Waals surface area (Å²) >= 11 is 0. The first kappa shape index (κ1) is 58.3. The van der Waals surface area contributed by atoms with Gasteiger partial charge in [-0.05, 0) is 74.6 Å². The van der Waals surface area contributed by atoms with Crippen LogP contribution in [0.25, 0.3) is 0 Å². The molecule has 400 valence electrons. The summed E-state index contributed by atoms with van der Waals surface area (Å²) in [5, 5.41) is 34.8. The molecular formula is C50H73N11O12. The molecule has 2 aliphatic rings. The monoisotopic (exact) mass is 1020 g/mol. The Morgan fingerprint density at radius 2 is 1.48 bits per heavy atom. The number of likely N-dealkylation sites (N-methyl/N-ethyl adjacent to an activating group) is 1. The Morgan fingerprint density at radius 1 is 0.822 bits per heavy atom. The largest absolute Gasteiger partial charge is 0.508 e. The van der Waals surface area contributed by atoms with Gasteiger partial charge in [-0.3, -0.25) is 43.3 Å². The van der Waals surface area contributed by atoms with Crippen molar-refractivity contribution in [3.05, 3.63) is 65.7 Å². The van der Waals surface area contributed by atoms with Crippen molar-refractivity contribution in [2.45, 2.75) is 159 Å². The lowest BCUT2D eigenvalue weighted by atomic mass is 9.95. The molecule has 2 aromatic rings. The number of piperidine rings is 1. The fourth-order valence-electron chi connectivity index (χ4n) is 8.58. The van der Waals surface area contributed by atoms with E-state index in [4.69, 9.17) is 21.9 Å². The van der Waals surface area contributed by atoms with Gasteiger partial charge in [-0.1, -0.05) is 76.1 Å². The first-order valence-electron chi connectivity index (χ1n) is 24.7. The number of phenolic OH excluding ortho intramolecular Hbond substituents is 1. The van der Waals surface area contributed by atoms with Crippen molar-refractivity contribution in [1.82, 2.24) is 36.4 Å². The van der Waals surface area contributed by atoms with Crippen molar-refractivity contribution in [3.8, 4) is 5.75 Å². The number of benzene rings is 2. The van der Waals surface area contributed by atoms with Gasteiger partial charge in [-0.15, -0.1) is 0 Å². The average molecular weight is 1020 g/mol. The summed E-state index contributed by atoms with van der Waals surface area (Å²) < 4.78 is 5.89. The first-order chi connectivity index (χ1) is 34.6. The quantitative estimate of drug-likeness (QED) is 0.0358. The Labute approximate surface area is 425 Å². The van der Waals surface area contributed by atoms with Crippen LogP contribution in [0.4, 0.5) is 0 Å². The molecule has 0 radical (unpaired) electrons. The standard InChI is InChI=1S/C50H73N11O12/c1-6-7-9-16-39(64)55-34(21-23-38(51)63)44(67)59-42-29(4)73-49(72)41(28(2)3)58-45(68)36(26-31-17-19-32(62)20-18-31)60(5)48(71)37(27-30-13-10-8-11-14-30)61-40(65)24-22-35(47(61)70)57-43(66)33(56-46(42)69)15-12-25-54-50(52)53/h8,10-11,13-14,17-20,28-29,33-37,40-42,62,65H,6-7,9,12,15-16,21-27H2,1-5H3,(H2,51,63)(H,55,64)(H,56,69)(H,57,66)(H,58,68)(H,59,67)(H4,52,53,54)/t29-,33+,34+,35+,36+,37+,40-,41+,42+/m1/s1. The third-order valence-corrected chi connectivity index (χ3v) is 12.8. The predicted octanol–water partition coefficient (Wildman–Crippen LogP) is -0.762. The molecule has 4 rings (SSSR count). The van der Waals surface area contributed by atoms with Gasteiger partial charge in [0.1, 0.15) is 60.4 Å². The number of hydrogen-bond acceptors (Lipinski definition) is 13. The number of guanidine groups is 1. The summed E-state index contributed by atoms with van der Waals surface area (Å²) in [4.78, 5) is 133. The van der Waals surface area contributed by atoms with Crippen molar-refractivity contribution in [2.24, 2.45) is 28.1 Å². The number of fused-ring (bicyclic) bond motifs is 2. The molecule has 2 aliphatic heterocycles. The lowest BCUT2D eigenvalue weighted by Crippen LogP contribution is -2.65. The van der Waals surface area contributed by atoms with Crippen LogP contribution in [0, 0.1) is 5.92 Å². The van der Waals surface area contributed by atoms with E-state index in [1.54, 1.807) is 56.3 Å². The van der Waals surface area contributed by atoms with Crippen LogP contribution >= 0.6 is 0 Å². The van der Waals surface area contributed by atoms with E-state index >= 15 is 4.79 Å². The molecule has 8 amide bonds. The van der Waals surface area contributed by atoms with Gasteiger partial charge in [0.2, 0.25) is 47.3 Å². The minimum Gasteiger partial charge on any atom is -0.508 e. The van der Waals surface area contributed by atoms with Gasteiger partial charge in [0.15, 0.2) is 5.96 Å². The number of nitrogens with one attached hydrogen (secondary N) is 5. The summed E-state index contributed by atoms with van der Waals surface area (Å²) in [6, 6.07) is 4.19. The molecule has 23 heteroatoms. The van der Waals surface area contributed by atoms with E-state index in [1.807, 2.05) is 6.92 Å². The molecular weight excluding hydrogens is 947 g/mol. The highest BCUT2D eigenvalue weighted by molar-refractivity contribution is 5.98. The molecule has 2 heterocycles. The van der Waals surface area contributed by atoms with Gasteiger partial charge >= 0.3 is 5.97 Å². The lowest BCUT2D eigenvalue weighted by Gasteiger charge is -2.43. The number of aromatic hydroxyl groups is 1. The van der Waals surface area contributed by atoms with Crippen LogP contribution in [0.5, 0.6) is 5.75 Å². The maximum atomic E-state index is 15.1. The number of aliphatic hydroxyl groups excluding tert-OH is 1. The third kappa shape index (κ3) is 17.5. The molecule has 2 saturated heterocycles. The number of amides is 8. The summed E-state index contributed by atoms with van der Waals surface area (Å²) in [5.74, 6) is -8.70. The number of primary amides is 1. The summed E-state index contributed by atoms with van der Waals surface area (Å²) in [7, 11) is 1.35. The van der Waals surface area contributed by atoms with Crippen LogP contribution in [-0.2, 0) is 60.7 Å². The number of phenols is 1. The van der Waals surface area contributed by atoms with Crippen molar-refractivity contribution < 1.29 is 58.1 Å². The number of nitrogens with two attached hydrogens (primary N) is 3. The van der Waals surface area contributed by atoms with E-state index in [9.17, 15) is 48.6 Å². The Balaban J connectivity index is 1.88. The van der Waals surface area contributed by atoms with Gasteiger partial charge in [-0.25, -0.2) is 4.79 Å². The van der Waals surface area contributed by atoms with Gasteiger partial charge in [0.25, 0.3) is 0 Å². The molecule has 0 spiro atoms. The highest BCUT2D eigenvalue weighted by atomic mass is 16.5. The Kier molecular flexibility index (Phi) is 22.4. The van der Waals surface area contributed by atoms with Crippen LogP contribution in [0.3, 0.4) is 0 Å². The van der Waals surface area contributed by atoms with Crippen LogP contribution < -0.4 is 43.8 Å². The van der Waals surface area contributed by atoms with Crippen LogP contribution in [-0.4, -0.2) is 147 Å². The van der Waals surface area contributed by atoms with Crippen LogP contribution in [0.2, 0.25) is 0 Å². The molecule has 23 nitrogen and oxygen atoms in total. The fourth-order valence-corrected chi connectivity index (χ4v) is 8.58. The predicted molar refractivity (Wildman–Crippen MR) is 267 cm³/mol. The normalized spacial score (nSPS) is 23.9. The van der Waals surface area contributed by atoms with Gasteiger partial charge in [0, 0.05) is 39.3 Å². The highest BCUT2D eigenvalue weighted by Crippen LogP contribution is 2.26. The molecule has 0 saturated carbocycles. The Bertz CT molecular complexity index is 2280. The molecule has 0 aliphatic carbocycles. The van der Waals surface area contributed by atoms with Gasteiger partial charge in [-0.2, -0.15) is 0 Å². The van der Waals surface area contributed by atoms with E-state index in [1.165, 1.54) is 26.1 Å². The van der Waals surface area contributed by atoms with Crippen molar-refractivity contribution in [3.63, 3.8) is 0 Å². The molecule has 2 aromatic carbocycles. The second-order valence-corrected chi connectivity index (χ2v) is 18.9. The number of hydrogen-bond donors (Lipinski definition) is 10. The van der Waals surface area contributed by atoms with Gasteiger partial charge in [0.05, 0.1) is 0 Å². The number of esters is 1. The summed E-state index contributed by atoms with van der Waals surface area (Å²) in [6.07, 6.45) is -2.14. The third-order valence-electron chi connectivity index (χ3n) is 12.8. The molecule has 2 fully saturated rings. The minimum atomic E-state index is -1.81. The topological polar surface area (TPSA) is 360 Å². The number of carbonyl (C=O) groups is 9. The second-order valence-electron chi connectivity index (χ2n) is 18.9. The fraction of sp³-hybridized carbons (Fsp3) is 0.560. The summed E-state index contributed by atoms with van der Waals surface area (Å²) in [5.41, 5.74) is 17.6. The maximum Gasteiger partial charge on any atom is 0.329 e. The molecule has 2 bridgehead atoms. The molecule has 0 unspecified atom stereocenters. The number of aliphatic imine (C=N–C) groups is 1. The van der Waals surface area contributed by atoms with Crippen LogP contribution in [0.15, 0.2) is 59.6 Å². The molecule has 73 heavy (non-hydrogen) atoms. The van der Waals surface area contributed by atoms with Crippen molar-refractivity contribution in [1.29, 1.82) is 0 Å². The lowest BCUT2D eigenvalue weighted by molar-refractivity contribution is -0.165. The minimum absolute atomic E-state index is 0.00480. The number of rotatable bonds is 19. The van der Waals surface area contributed by atoms with E-state index in [0.717, 1.165) is 22.6 Å². The number of ether oxygens (including phenoxy) is 1. The smallest absolute Gasteiger partial charge is 0.329 e. The van der Waals surface area contributed by atoms with Gasteiger partial charge < -0.3 is 68.5 Å². The zero-order chi connectivity index (χ0) is 53.9. The SMILES string of the molecule is CCCCCC(=O)N[C@@H](CCC(N)=O)C(=O)N[C@@H]1C(=O)N[C@@H](CCCN=C(N)N)C(=O)N[C@H]2CC[C@@H](O)N(C2=O)[C@@H](Cc2ccccc2)C(=O)N(C)[C@@H](Cc2ccc(O)cc2)C(=O)N[C@@H](C(C)C)C(=O)O[C@@H]1C.